The van der Waals surface area contributed by atoms with Crippen LogP contribution in [-0.2, 0) is 30.9 Å². The fourth-order valence-corrected chi connectivity index (χ4v) is 10.5. The standard InChI is InChI=1S/C65H74NO2S.Ir/c1-9-11-13-15-17-21-36-67-60-42-57-58-43-61(68-37-22-18-16-14-12-10-2)56(45-63(58)69-62(57)44-55(60)48-24-23-25-49(38-48)59-26-19-20-35-66-59)52-40-50(46-27-31-53(32-28-46)64(3,4)5)39-51(41-52)47-29-33-54(34-30-47)65(6,7)8;/h19-20,23-24,26-35,38-45H,9-18,21-22,36-37H2,1-8H3;/q-1;. The third kappa shape index (κ3) is 13.3. The minimum Gasteiger partial charge on any atom is -0.493 e. The predicted molar refractivity (Wildman–Crippen MR) is 298 cm³/mol. The molecular weight excluding hydrogens is 1050 g/mol. The van der Waals surface area contributed by atoms with Crippen LogP contribution in [0.25, 0.3) is 75.9 Å². The van der Waals surface area contributed by atoms with Crippen molar-refractivity contribution in [1.29, 1.82) is 0 Å². The minimum atomic E-state index is 0. The maximum absolute atomic E-state index is 6.98. The zero-order valence-corrected chi connectivity index (χ0v) is 46.3. The number of aromatic nitrogens is 1. The van der Waals surface area contributed by atoms with Crippen molar-refractivity contribution in [3.05, 3.63) is 151 Å². The average Bonchev–Trinajstić information content (AvgIpc) is 3.71. The summed E-state index contributed by atoms with van der Waals surface area (Å²) in [6.07, 6.45) is 16.4. The van der Waals surface area contributed by atoms with Crippen LogP contribution in [0.3, 0.4) is 0 Å². The Morgan fingerprint density at radius 1 is 0.471 bits per heavy atom. The van der Waals surface area contributed by atoms with Crippen LogP contribution in [-0.4, -0.2) is 18.2 Å². The molecule has 0 spiro atoms. The van der Waals surface area contributed by atoms with Gasteiger partial charge in [0.2, 0.25) is 0 Å². The molecule has 5 heteroatoms. The molecule has 0 N–H and O–H groups in total. The van der Waals surface area contributed by atoms with Crippen LogP contribution in [0, 0.1) is 6.07 Å². The van der Waals surface area contributed by atoms with Crippen LogP contribution in [0.4, 0.5) is 0 Å². The Morgan fingerprint density at radius 2 is 0.943 bits per heavy atom. The summed E-state index contributed by atoms with van der Waals surface area (Å²) in [7, 11) is 0. The van der Waals surface area contributed by atoms with Gasteiger partial charge >= 0.3 is 0 Å². The number of unbranched alkanes of at least 4 members (excludes halogenated alkanes) is 10. The normalized spacial score (nSPS) is 11.8. The molecule has 0 unspecified atom stereocenters. The Bertz CT molecular complexity index is 2840. The number of hydrogen-bond acceptors (Lipinski definition) is 4. The van der Waals surface area contributed by atoms with Crippen molar-refractivity contribution in [2.75, 3.05) is 13.2 Å². The van der Waals surface area contributed by atoms with Crippen molar-refractivity contribution in [3.63, 3.8) is 0 Å². The van der Waals surface area contributed by atoms with Gasteiger partial charge in [0.1, 0.15) is 11.5 Å². The first kappa shape index (κ1) is 52.8. The molecule has 70 heavy (non-hydrogen) atoms. The van der Waals surface area contributed by atoms with E-state index in [1.54, 1.807) is 0 Å². The third-order valence-corrected chi connectivity index (χ3v) is 14.8. The molecule has 0 aliphatic carbocycles. The first-order valence-corrected chi connectivity index (χ1v) is 26.8. The van der Waals surface area contributed by atoms with E-state index in [1.165, 1.54) is 118 Å². The van der Waals surface area contributed by atoms with Gasteiger partial charge in [-0.2, -0.15) is 0 Å². The Hall–Kier alpha value is -5.06. The third-order valence-electron chi connectivity index (χ3n) is 13.7. The largest absolute Gasteiger partial charge is 0.493 e. The maximum atomic E-state index is 6.98. The van der Waals surface area contributed by atoms with Crippen molar-refractivity contribution in [2.45, 2.75) is 143 Å². The Balaban J connectivity index is 0.00000722. The van der Waals surface area contributed by atoms with E-state index in [0.717, 1.165) is 57.9 Å². The fourth-order valence-electron chi connectivity index (χ4n) is 9.39. The number of pyridine rings is 1. The van der Waals surface area contributed by atoms with E-state index < -0.39 is 0 Å². The first-order valence-electron chi connectivity index (χ1n) is 26.0. The Labute approximate surface area is 437 Å². The van der Waals surface area contributed by atoms with Gasteiger partial charge in [-0.25, -0.2) is 0 Å². The maximum Gasteiger partial charge on any atom is 0.127 e. The summed E-state index contributed by atoms with van der Waals surface area (Å²) in [5.74, 6) is 1.85. The molecule has 0 fully saturated rings. The molecule has 2 heterocycles. The summed E-state index contributed by atoms with van der Waals surface area (Å²) in [5.41, 5.74) is 14.0. The van der Waals surface area contributed by atoms with Crippen molar-refractivity contribution in [3.8, 4) is 67.3 Å². The summed E-state index contributed by atoms with van der Waals surface area (Å²) < 4.78 is 16.3. The van der Waals surface area contributed by atoms with Gasteiger partial charge in [-0.05, 0) is 117 Å². The number of hydrogen-bond donors (Lipinski definition) is 0. The van der Waals surface area contributed by atoms with E-state index in [1.807, 2.05) is 35.7 Å². The molecule has 0 atom stereocenters. The van der Waals surface area contributed by atoms with Crippen LogP contribution in [0.1, 0.15) is 144 Å². The zero-order valence-electron chi connectivity index (χ0n) is 43.1. The van der Waals surface area contributed by atoms with Crippen LogP contribution in [0.5, 0.6) is 11.5 Å². The van der Waals surface area contributed by atoms with Gasteiger partial charge in [-0.3, -0.25) is 0 Å². The molecule has 0 aliphatic heterocycles. The molecule has 0 bridgehead atoms. The average molecular weight is 1130 g/mol. The predicted octanol–water partition coefficient (Wildman–Crippen LogP) is 19.7. The van der Waals surface area contributed by atoms with Crippen molar-refractivity contribution in [1.82, 2.24) is 4.98 Å². The van der Waals surface area contributed by atoms with E-state index in [9.17, 15) is 0 Å². The molecule has 8 rings (SSSR count). The molecule has 1 radical (unpaired) electrons. The topological polar surface area (TPSA) is 31.4 Å². The molecule has 2 aromatic heterocycles. The van der Waals surface area contributed by atoms with Crippen LogP contribution >= 0.6 is 11.3 Å². The zero-order chi connectivity index (χ0) is 48.4. The van der Waals surface area contributed by atoms with Crippen molar-refractivity contribution >= 4 is 31.5 Å². The molecule has 367 valence electrons. The van der Waals surface area contributed by atoms with Crippen LogP contribution in [0.15, 0.2) is 134 Å². The number of nitrogens with zero attached hydrogens (tertiary/aromatic N) is 1. The SMILES string of the molecule is CCCCCCCCOc1cc2c(cc1-c1cc[c-]c(-c3ccccn3)c1)sc1cc(-c3cc(-c4ccc(C(C)(C)C)cc4)cc(-c4ccc(C(C)(C)C)cc4)c3)c(OCCCCCCCC)cc12.[Ir]. The fraction of sp³-hybridized carbons (Fsp3) is 0.369. The number of rotatable bonds is 21. The van der Waals surface area contributed by atoms with Gasteiger partial charge in [0.25, 0.3) is 0 Å². The van der Waals surface area contributed by atoms with E-state index in [4.69, 9.17) is 9.47 Å². The molecule has 6 aromatic carbocycles. The second kappa shape index (κ2) is 24.4. The molecule has 0 saturated carbocycles. The second-order valence-electron chi connectivity index (χ2n) is 21.2. The molecule has 0 saturated heterocycles. The monoisotopic (exact) mass is 1130 g/mol. The van der Waals surface area contributed by atoms with Gasteiger partial charge < -0.3 is 14.5 Å². The van der Waals surface area contributed by atoms with Crippen LogP contribution < -0.4 is 9.47 Å². The summed E-state index contributed by atoms with van der Waals surface area (Å²) >= 11 is 1.85. The molecule has 3 nitrogen and oxygen atoms in total. The molecule has 0 aliphatic rings. The summed E-state index contributed by atoms with van der Waals surface area (Å²) in [6.45, 7) is 19.6. The number of ether oxygens (including phenoxy) is 2. The van der Waals surface area contributed by atoms with Gasteiger partial charge in [0.15, 0.2) is 0 Å². The quantitative estimate of drug-likeness (QED) is 0.0531. The van der Waals surface area contributed by atoms with Crippen LogP contribution in [0.2, 0.25) is 0 Å². The van der Waals surface area contributed by atoms with E-state index in [2.05, 4.69) is 176 Å². The minimum absolute atomic E-state index is 0. The molecule has 8 aromatic rings. The smallest absolute Gasteiger partial charge is 0.127 e. The Kier molecular flexibility index (Phi) is 18.4. The number of benzene rings is 6. The van der Waals surface area contributed by atoms with E-state index in [0.29, 0.717) is 13.2 Å². The number of fused-ring (bicyclic) bond motifs is 3. The van der Waals surface area contributed by atoms with Gasteiger partial charge in [-0.15, -0.1) is 41.2 Å². The van der Waals surface area contributed by atoms with Gasteiger partial charge in [0, 0.05) is 57.6 Å². The van der Waals surface area contributed by atoms with Gasteiger partial charge in [-0.1, -0.05) is 186 Å². The Morgan fingerprint density at radius 3 is 1.41 bits per heavy atom. The number of thiophene rings is 1. The summed E-state index contributed by atoms with van der Waals surface area (Å²) in [4.78, 5) is 4.66. The van der Waals surface area contributed by atoms with Gasteiger partial charge in [0.05, 0.1) is 13.2 Å². The summed E-state index contributed by atoms with van der Waals surface area (Å²) in [5, 5.41) is 2.41. The van der Waals surface area contributed by atoms with E-state index in [-0.39, 0.29) is 30.9 Å². The second-order valence-corrected chi connectivity index (χ2v) is 22.3. The molecular formula is C65H74IrNO2S-. The van der Waals surface area contributed by atoms with Crippen molar-refractivity contribution < 1.29 is 29.6 Å². The summed E-state index contributed by atoms with van der Waals surface area (Å²) in [6, 6.07) is 50.7. The first-order chi connectivity index (χ1) is 33.4. The van der Waals surface area contributed by atoms with E-state index >= 15 is 0 Å². The van der Waals surface area contributed by atoms with Crippen molar-refractivity contribution in [2.24, 2.45) is 0 Å². The molecule has 0 amide bonds.